The molecule has 22 heavy (non-hydrogen) atoms. The van der Waals surface area contributed by atoms with Crippen molar-refractivity contribution in [1.82, 2.24) is 15.1 Å². The molecule has 0 unspecified atom stereocenters. The van der Waals surface area contributed by atoms with Crippen LogP contribution in [-0.2, 0) is 0 Å². The molecule has 0 radical (unpaired) electrons. The number of benzene rings is 1. The number of halogens is 1. The minimum atomic E-state index is -0.223. The topological polar surface area (TPSA) is 67.2 Å². The Bertz CT molecular complexity index is 655. The fourth-order valence-corrected chi connectivity index (χ4v) is 2.35. The van der Waals surface area contributed by atoms with Gasteiger partial charge in [-0.05, 0) is 37.5 Å². The lowest BCUT2D eigenvalue weighted by Gasteiger charge is -2.10. The number of para-hydroxylation sites is 1. The van der Waals surface area contributed by atoms with Crippen molar-refractivity contribution in [3.8, 4) is 5.69 Å². The summed E-state index contributed by atoms with van der Waals surface area (Å²) in [4.78, 5) is 12.2. The van der Waals surface area contributed by atoms with Gasteiger partial charge in [0.25, 0.3) is 5.91 Å². The lowest BCUT2D eigenvalue weighted by atomic mass is 10.1. The quantitative estimate of drug-likeness (QED) is 0.859. The molecular weight excluding hydrogens is 302 g/mol. The fourth-order valence-electron chi connectivity index (χ4n) is 2.13. The van der Waals surface area contributed by atoms with Crippen molar-refractivity contribution in [3.63, 3.8) is 0 Å². The van der Waals surface area contributed by atoms with Gasteiger partial charge in [0, 0.05) is 18.8 Å². The van der Waals surface area contributed by atoms with Gasteiger partial charge < -0.3 is 10.4 Å². The highest BCUT2D eigenvalue weighted by Crippen LogP contribution is 2.21. The summed E-state index contributed by atoms with van der Waals surface area (Å²) in [6.07, 6.45) is 0.660. The smallest absolute Gasteiger partial charge is 0.271 e. The van der Waals surface area contributed by atoms with Crippen LogP contribution in [-0.4, -0.2) is 33.9 Å². The van der Waals surface area contributed by atoms with Crippen LogP contribution in [0.2, 0.25) is 5.02 Å². The van der Waals surface area contributed by atoms with Gasteiger partial charge >= 0.3 is 0 Å². The summed E-state index contributed by atoms with van der Waals surface area (Å²) < 4.78 is 1.66. The van der Waals surface area contributed by atoms with E-state index in [9.17, 15) is 4.79 Å². The molecule has 0 bridgehead atoms. The maximum Gasteiger partial charge on any atom is 0.271 e. The van der Waals surface area contributed by atoms with Crippen molar-refractivity contribution < 1.29 is 9.90 Å². The van der Waals surface area contributed by atoms with Crippen LogP contribution < -0.4 is 5.32 Å². The van der Waals surface area contributed by atoms with E-state index in [0.29, 0.717) is 23.7 Å². The molecule has 1 aromatic heterocycles. The number of rotatable bonds is 6. The summed E-state index contributed by atoms with van der Waals surface area (Å²) in [7, 11) is 0. The third kappa shape index (κ3) is 3.87. The van der Waals surface area contributed by atoms with Gasteiger partial charge in [-0.2, -0.15) is 5.10 Å². The minimum absolute atomic E-state index is 0.122. The van der Waals surface area contributed by atoms with Crippen molar-refractivity contribution in [2.45, 2.75) is 20.3 Å². The predicted octanol–water partition coefficient (Wildman–Crippen LogP) is 2.58. The zero-order valence-corrected chi connectivity index (χ0v) is 13.5. The zero-order valence-electron chi connectivity index (χ0n) is 12.7. The summed E-state index contributed by atoms with van der Waals surface area (Å²) in [6, 6.07) is 9.09. The first kappa shape index (κ1) is 16.5. The molecule has 0 aliphatic heterocycles. The van der Waals surface area contributed by atoms with E-state index in [4.69, 9.17) is 16.7 Å². The molecule has 2 rings (SSSR count). The second-order valence-electron chi connectivity index (χ2n) is 5.36. The fraction of sp³-hybridized carbons (Fsp3) is 0.375. The molecule has 1 aromatic carbocycles. The van der Waals surface area contributed by atoms with E-state index in [1.54, 1.807) is 16.8 Å². The molecule has 118 valence electrons. The van der Waals surface area contributed by atoms with E-state index >= 15 is 0 Å². The Labute approximate surface area is 134 Å². The Morgan fingerprint density at radius 3 is 2.86 bits per heavy atom. The number of carbonyl (C=O) groups is 1. The molecule has 1 amide bonds. The number of carbonyl (C=O) groups excluding carboxylic acids is 1. The number of aliphatic hydroxyl groups is 1. The summed E-state index contributed by atoms with van der Waals surface area (Å²) in [5.41, 5.74) is 1.93. The number of aliphatic hydroxyl groups excluding tert-OH is 1. The number of aromatic nitrogens is 2. The standard InChI is InChI=1S/C16H20ClN3O2/c1-11(7-8-21)10-18-16(22)14-9-12(2)20(19-14)15-6-4-3-5-13(15)17/h3-6,9,11,21H,7-8,10H2,1-2H3,(H,18,22)/t11-/m1/s1. The Hall–Kier alpha value is -1.85. The van der Waals surface area contributed by atoms with Gasteiger partial charge in [-0.25, -0.2) is 4.68 Å². The van der Waals surface area contributed by atoms with Gasteiger partial charge in [-0.3, -0.25) is 4.79 Å². The highest BCUT2D eigenvalue weighted by atomic mass is 35.5. The number of aryl methyl sites for hydroxylation is 1. The van der Waals surface area contributed by atoms with E-state index in [1.165, 1.54) is 0 Å². The van der Waals surface area contributed by atoms with Crippen LogP contribution in [0, 0.1) is 12.8 Å². The monoisotopic (exact) mass is 321 g/mol. The Morgan fingerprint density at radius 1 is 1.45 bits per heavy atom. The first-order valence-corrected chi connectivity index (χ1v) is 7.61. The van der Waals surface area contributed by atoms with Crippen LogP contribution in [0.1, 0.15) is 29.5 Å². The summed E-state index contributed by atoms with van der Waals surface area (Å²) in [5, 5.41) is 16.6. The largest absolute Gasteiger partial charge is 0.396 e. The number of hydrogen-bond donors (Lipinski definition) is 2. The van der Waals surface area contributed by atoms with Gasteiger partial charge in [-0.15, -0.1) is 0 Å². The van der Waals surface area contributed by atoms with Gasteiger partial charge in [0.15, 0.2) is 5.69 Å². The average Bonchev–Trinajstić information content (AvgIpc) is 2.87. The molecule has 0 spiro atoms. The maximum absolute atomic E-state index is 12.2. The molecule has 0 saturated carbocycles. The van der Waals surface area contributed by atoms with Crippen molar-refractivity contribution in [2.75, 3.05) is 13.2 Å². The molecule has 0 saturated heterocycles. The van der Waals surface area contributed by atoms with Crippen molar-refractivity contribution in [3.05, 3.63) is 46.7 Å². The highest BCUT2D eigenvalue weighted by molar-refractivity contribution is 6.32. The van der Waals surface area contributed by atoms with Gasteiger partial charge in [0.05, 0.1) is 10.7 Å². The third-order valence-corrected chi connectivity index (χ3v) is 3.75. The van der Waals surface area contributed by atoms with Crippen LogP contribution in [0.4, 0.5) is 0 Å². The summed E-state index contributed by atoms with van der Waals surface area (Å²) in [6.45, 7) is 4.49. The zero-order chi connectivity index (χ0) is 16.1. The number of amides is 1. The Balaban J connectivity index is 2.13. The van der Waals surface area contributed by atoms with E-state index in [-0.39, 0.29) is 18.4 Å². The lowest BCUT2D eigenvalue weighted by Crippen LogP contribution is -2.29. The normalized spacial score (nSPS) is 12.2. The average molecular weight is 322 g/mol. The molecule has 1 atom stereocenters. The summed E-state index contributed by atoms with van der Waals surface area (Å²) in [5.74, 6) is -0.000561. The van der Waals surface area contributed by atoms with E-state index in [2.05, 4.69) is 10.4 Å². The van der Waals surface area contributed by atoms with Gasteiger partial charge in [0.1, 0.15) is 0 Å². The van der Waals surface area contributed by atoms with Gasteiger partial charge in [-0.1, -0.05) is 30.7 Å². The molecule has 0 aliphatic rings. The lowest BCUT2D eigenvalue weighted by molar-refractivity contribution is 0.0940. The Morgan fingerprint density at radius 2 is 2.18 bits per heavy atom. The van der Waals surface area contributed by atoms with Crippen LogP contribution in [0.25, 0.3) is 5.69 Å². The van der Waals surface area contributed by atoms with E-state index < -0.39 is 0 Å². The van der Waals surface area contributed by atoms with Crippen molar-refractivity contribution in [2.24, 2.45) is 5.92 Å². The molecule has 0 aliphatic carbocycles. The molecular formula is C16H20ClN3O2. The van der Waals surface area contributed by atoms with Crippen molar-refractivity contribution in [1.29, 1.82) is 0 Å². The number of hydrogen-bond acceptors (Lipinski definition) is 3. The van der Waals surface area contributed by atoms with Crippen molar-refractivity contribution >= 4 is 17.5 Å². The van der Waals surface area contributed by atoms with Crippen LogP contribution >= 0.6 is 11.6 Å². The van der Waals surface area contributed by atoms with Crippen LogP contribution in [0.15, 0.2) is 30.3 Å². The van der Waals surface area contributed by atoms with Crippen LogP contribution in [0.3, 0.4) is 0 Å². The number of nitrogens with zero attached hydrogens (tertiary/aromatic N) is 2. The first-order valence-electron chi connectivity index (χ1n) is 7.23. The minimum Gasteiger partial charge on any atom is -0.396 e. The third-order valence-electron chi connectivity index (χ3n) is 3.43. The maximum atomic E-state index is 12.2. The van der Waals surface area contributed by atoms with E-state index in [1.807, 2.05) is 32.0 Å². The number of nitrogens with one attached hydrogen (secondary N) is 1. The second kappa shape index (κ2) is 7.42. The molecule has 5 nitrogen and oxygen atoms in total. The van der Waals surface area contributed by atoms with E-state index in [0.717, 1.165) is 11.4 Å². The highest BCUT2D eigenvalue weighted by Gasteiger charge is 2.15. The molecule has 2 N–H and O–H groups in total. The Kier molecular flexibility index (Phi) is 5.57. The molecule has 0 fully saturated rings. The SMILES string of the molecule is Cc1cc(C(=O)NC[C@H](C)CCO)nn1-c1ccccc1Cl. The predicted molar refractivity (Wildman–Crippen MR) is 86.5 cm³/mol. The van der Waals surface area contributed by atoms with Crippen LogP contribution in [0.5, 0.6) is 0 Å². The molecule has 2 aromatic rings. The summed E-state index contributed by atoms with van der Waals surface area (Å²) >= 11 is 6.17. The molecule has 6 heteroatoms. The second-order valence-corrected chi connectivity index (χ2v) is 5.77. The molecule has 1 heterocycles. The first-order chi connectivity index (χ1) is 10.5. The van der Waals surface area contributed by atoms with Gasteiger partial charge in [0.2, 0.25) is 0 Å².